The molecule has 1 saturated heterocycles. The molecule has 21 heavy (non-hydrogen) atoms. The lowest BCUT2D eigenvalue weighted by molar-refractivity contribution is -0.938. The third-order valence-electron chi connectivity index (χ3n) is 4.27. The molecule has 0 bridgehead atoms. The molecule has 1 heterocycles. The van der Waals surface area contributed by atoms with Crippen LogP contribution in [-0.4, -0.2) is 54.6 Å². The van der Waals surface area contributed by atoms with Gasteiger partial charge in [-0.2, -0.15) is 0 Å². The van der Waals surface area contributed by atoms with Crippen LogP contribution in [0.4, 0.5) is 0 Å². The maximum atomic E-state index is 5.58. The summed E-state index contributed by atoms with van der Waals surface area (Å²) >= 11 is 0. The SMILES string of the molecule is COc1ccc(C[NH+]2CCC[NH+](C)CC2)c(OC)c1OC. The Morgan fingerprint density at radius 1 is 0.905 bits per heavy atom. The fourth-order valence-electron chi connectivity index (χ4n) is 3.03. The molecule has 1 aromatic rings. The molecule has 1 aromatic carbocycles. The molecule has 0 spiro atoms. The van der Waals surface area contributed by atoms with Crippen molar-refractivity contribution in [1.29, 1.82) is 0 Å². The summed E-state index contributed by atoms with van der Waals surface area (Å²) in [6.45, 7) is 5.88. The Kier molecular flexibility index (Phi) is 5.70. The number of hydrogen-bond acceptors (Lipinski definition) is 3. The Hall–Kier alpha value is -1.46. The van der Waals surface area contributed by atoms with Crippen LogP contribution >= 0.6 is 0 Å². The normalized spacial score (nSPS) is 22.5. The number of quaternary nitrogens is 2. The van der Waals surface area contributed by atoms with E-state index in [9.17, 15) is 0 Å². The third kappa shape index (κ3) is 3.80. The zero-order chi connectivity index (χ0) is 15.2. The van der Waals surface area contributed by atoms with Gasteiger partial charge in [-0.05, 0) is 12.1 Å². The molecule has 2 atom stereocenters. The second-order valence-corrected chi connectivity index (χ2v) is 5.73. The van der Waals surface area contributed by atoms with E-state index in [2.05, 4.69) is 13.1 Å². The van der Waals surface area contributed by atoms with Gasteiger partial charge in [-0.3, -0.25) is 0 Å². The van der Waals surface area contributed by atoms with Gasteiger partial charge < -0.3 is 24.0 Å². The van der Waals surface area contributed by atoms with E-state index in [1.165, 1.54) is 38.2 Å². The molecule has 0 aliphatic carbocycles. The molecule has 2 N–H and O–H groups in total. The fraction of sp³-hybridized carbons (Fsp3) is 0.625. The van der Waals surface area contributed by atoms with E-state index in [4.69, 9.17) is 14.2 Å². The molecule has 1 fully saturated rings. The monoisotopic (exact) mass is 296 g/mol. The predicted octanol–water partition coefficient (Wildman–Crippen LogP) is -0.984. The van der Waals surface area contributed by atoms with Crippen LogP contribution in [0.3, 0.4) is 0 Å². The van der Waals surface area contributed by atoms with Crippen molar-refractivity contribution in [3.05, 3.63) is 17.7 Å². The van der Waals surface area contributed by atoms with Crippen molar-refractivity contribution in [3.8, 4) is 17.2 Å². The summed E-state index contributed by atoms with van der Waals surface area (Å²) in [7, 11) is 7.27. The number of ether oxygens (including phenoxy) is 3. The Morgan fingerprint density at radius 2 is 1.67 bits per heavy atom. The Morgan fingerprint density at radius 3 is 2.33 bits per heavy atom. The summed E-state index contributed by atoms with van der Waals surface area (Å²) in [4.78, 5) is 3.24. The van der Waals surface area contributed by atoms with Crippen LogP contribution in [0.25, 0.3) is 0 Å². The van der Waals surface area contributed by atoms with Gasteiger partial charge >= 0.3 is 0 Å². The maximum Gasteiger partial charge on any atom is 0.203 e. The fourth-order valence-corrected chi connectivity index (χ4v) is 3.03. The second kappa shape index (κ2) is 7.52. The molecule has 118 valence electrons. The number of likely N-dealkylation sites (N-methyl/N-ethyl adjacent to an activating group) is 1. The molecular formula is C16H28N2O3+2. The Balaban J connectivity index is 2.19. The second-order valence-electron chi connectivity index (χ2n) is 5.73. The van der Waals surface area contributed by atoms with E-state index < -0.39 is 0 Å². The van der Waals surface area contributed by atoms with E-state index in [0.717, 1.165) is 12.3 Å². The predicted molar refractivity (Wildman–Crippen MR) is 81.7 cm³/mol. The molecule has 5 nitrogen and oxygen atoms in total. The first-order valence-corrected chi connectivity index (χ1v) is 7.62. The van der Waals surface area contributed by atoms with E-state index in [1.807, 2.05) is 6.07 Å². The van der Waals surface area contributed by atoms with Crippen LogP contribution < -0.4 is 24.0 Å². The largest absolute Gasteiger partial charge is 0.493 e. The van der Waals surface area contributed by atoms with Gasteiger partial charge in [0.1, 0.15) is 19.6 Å². The standard InChI is InChI=1S/C16H26N2O3/c1-17-8-5-9-18(11-10-17)12-13-6-7-14(19-2)16(21-4)15(13)20-3/h6-7H,5,8-12H2,1-4H3/p+2. The first kappa shape index (κ1) is 15.9. The van der Waals surface area contributed by atoms with E-state index in [-0.39, 0.29) is 0 Å². The van der Waals surface area contributed by atoms with Crippen molar-refractivity contribution < 1.29 is 24.0 Å². The highest BCUT2D eigenvalue weighted by Crippen LogP contribution is 2.39. The lowest BCUT2D eigenvalue weighted by atomic mass is 10.1. The maximum absolute atomic E-state index is 5.58. The summed E-state index contributed by atoms with van der Waals surface area (Å²) in [6, 6.07) is 4.06. The topological polar surface area (TPSA) is 36.6 Å². The summed E-state index contributed by atoms with van der Waals surface area (Å²) in [5, 5.41) is 0. The molecule has 1 aliphatic rings. The van der Waals surface area contributed by atoms with Gasteiger partial charge in [0.05, 0.1) is 47.0 Å². The van der Waals surface area contributed by atoms with Crippen molar-refractivity contribution in [2.45, 2.75) is 13.0 Å². The summed E-state index contributed by atoms with van der Waals surface area (Å²) in [5.74, 6) is 2.21. The molecule has 2 unspecified atom stereocenters. The summed E-state index contributed by atoms with van der Waals surface area (Å²) in [6.07, 6.45) is 1.27. The van der Waals surface area contributed by atoms with Gasteiger partial charge in [0.15, 0.2) is 11.5 Å². The van der Waals surface area contributed by atoms with E-state index in [1.54, 1.807) is 31.1 Å². The van der Waals surface area contributed by atoms with Gasteiger partial charge in [-0.25, -0.2) is 0 Å². The average molecular weight is 296 g/mol. The van der Waals surface area contributed by atoms with Gasteiger partial charge in [0.25, 0.3) is 0 Å². The molecule has 2 rings (SSSR count). The minimum Gasteiger partial charge on any atom is -0.493 e. The third-order valence-corrected chi connectivity index (χ3v) is 4.27. The first-order valence-electron chi connectivity index (χ1n) is 7.62. The molecule has 1 aliphatic heterocycles. The van der Waals surface area contributed by atoms with Crippen LogP contribution in [0.2, 0.25) is 0 Å². The van der Waals surface area contributed by atoms with Crippen molar-refractivity contribution in [2.75, 3.05) is 54.6 Å². The first-order chi connectivity index (χ1) is 10.2. The quantitative estimate of drug-likeness (QED) is 0.733. The Labute approximate surface area is 127 Å². The zero-order valence-electron chi connectivity index (χ0n) is 13.6. The van der Waals surface area contributed by atoms with Gasteiger partial charge in [-0.1, -0.05) is 0 Å². The van der Waals surface area contributed by atoms with Crippen LogP contribution in [0.5, 0.6) is 17.2 Å². The average Bonchev–Trinajstić information content (AvgIpc) is 2.71. The molecule has 0 aromatic heterocycles. The number of hydrogen-bond donors (Lipinski definition) is 2. The highest BCUT2D eigenvalue weighted by atomic mass is 16.5. The number of rotatable bonds is 5. The number of benzene rings is 1. The van der Waals surface area contributed by atoms with Crippen LogP contribution in [0.15, 0.2) is 12.1 Å². The molecular weight excluding hydrogens is 268 g/mol. The van der Waals surface area contributed by atoms with Crippen molar-refractivity contribution in [3.63, 3.8) is 0 Å². The number of nitrogens with one attached hydrogen (secondary N) is 2. The highest BCUT2D eigenvalue weighted by Gasteiger charge is 2.22. The molecule has 0 radical (unpaired) electrons. The van der Waals surface area contributed by atoms with Crippen LogP contribution in [0, 0.1) is 0 Å². The zero-order valence-corrected chi connectivity index (χ0v) is 13.6. The van der Waals surface area contributed by atoms with Crippen molar-refractivity contribution >= 4 is 0 Å². The highest BCUT2D eigenvalue weighted by molar-refractivity contribution is 5.55. The van der Waals surface area contributed by atoms with E-state index in [0.29, 0.717) is 11.5 Å². The molecule has 0 amide bonds. The van der Waals surface area contributed by atoms with Crippen molar-refractivity contribution in [2.24, 2.45) is 0 Å². The van der Waals surface area contributed by atoms with Gasteiger partial charge in [-0.15, -0.1) is 0 Å². The van der Waals surface area contributed by atoms with Crippen molar-refractivity contribution in [1.82, 2.24) is 0 Å². The lowest BCUT2D eigenvalue weighted by Crippen LogP contribution is -3.15. The summed E-state index contributed by atoms with van der Waals surface area (Å²) < 4.78 is 16.4. The van der Waals surface area contributed by atoms with Crippen LogP contribution in [0.1, 0.15) is 12.0 Å². The van der Waals surface area contributed by atoms with Gasteiger partial charge in [0.2, 0.25) is 5.75 Å². The Bertz CT molecular complexity index is 465. The minimum atomic E-state index is 0.689. The molecule has 5 heteroatoms. The lowest BCUT2D eigenvalue weighted by Gasteiger charge is -2.20. The van der Waals surface area contributed by atoms with E-state index >= 15 is 0 Å². The smallest absolute Gasteiger partial charge is 0.203 e. The molecule has 0 saturated carbocycles. The van der Waals surface area contributed by atoms with Gasteiger partial charge in [0, 0.05) is 6.42 Å². The summed E-state index contributed by atoms with van der Waals surface area (Å²) in [5.41, 5.74) is 1.18. The number of methoxy groups -OCH3 is 3. The van der Waals surface area contributed by atoms with Crippen LogP contribution in [-0.2, 0) is 6.54 Å². The minimum absolute atomic E-state index is 0.689.